The number of hydrogen-bond donors (Lipinski definition) is 15. The molecule has 2 aromatic heterocycles. The number of aliphatic hydroxyl groups excluding tert-OH is 3. The topological polar surface area (TPSA) is 655 Å². The van der Waals surface area contributed by atoms with Crippen LogP contribution in [0.2, 0.25) is 0 Å². The normalized spacial score (nSPS) is 22.4. The lowest BCUT2D eigenvalue weighted by Crippen LogP contribution is -2.61. The van der Waals surface area contributed by atoms with Crippen molar-refractivity contribution >= 4 is 140 Å². The number of imide groups is 1. The number of carbonyl (C=O) groups excluding carboxylic acids is 18. The number of carboxylic acid groups (broad SMARTS) is 1. The third-order valence-electron chi connectivity index (χ3n) is 25.1. The minimum atomic E-state index is -2.15. The summed E-state index contributed by atoms with van der Waals surface area (Å²) >= 11 is 0. The van der Waals surface area contributed by atoms with Crippen molar-refractivity contribution in [2.45, 2.75) is 185 Å². The molecule has 4 fully saturated rings. The van der Waals surface area contributed by atoms with E-state index in [0.29, 0.717) is 47.5 Å². The molecule has 0 spiro atoms. The van der Waals surface area contributed by atoms with Gasteiger partial charge in [0.15, 0.2) is 29.0 Å². The number of amides is 19. The molecule has 0 unspecified atom stereocenters. The van der Waals surface area contributed by atoms with Crippen LogP contribution in [0.1, 0.15) is 126 Å². The van der Waals surface area contributed by atoms with Crippen molar-refractivity contribution < 1.29 is 140 Å². The Labute approximate surface area is 840 Å². The summed E-state index contributed by atoms with van der Waals surface area (Å²) in [6, 6.07) is 9.77. The maximum absolute atomic E-state index is 15.6. The molecular weight excluding hydrogens is 1910 g/mol. The third-order valence-corrected chi connectivity index (χ3v) is 25.1. The SMILES string of the molecule is CC(C)[C@H](NC(=O)CCOCCOCCOCCN1C(=O)C=CC1=O)C(=O)N[C@@H](CCCNC(N)=O)C(=O)Nc1ccc(COc2cc3ccccc3nc2C(=O)N[C@@H]2CNC(=O)[C@@H](C(C)C)N(C)C(=O)CN(C)C(=O)CNC(=O)[C@@H]3CCCCN3C(=O)[C@H](NC(=O)c3nc4ccccc4cc3O[C@@H]3O[C@H](C(=O)O)[C@@H](O)[C@H](O)[C@H]3O)CNC(=O)[C@@H](C(C)C)N(C)C(=O)CN(C)C(=O)CNC(=O)[C@@H]3CCCCN3C2=O)cc1. The number of nitrogens with one attached hydrogen (secondary N) is 10. The molecular formula is C97H130N20O29. The number of nitrogens with zero attached hydrogens (tertiary/aromatic N) is 9. The van der Waals surface area contributed by atoms with E-state index < -0.39 is 260 Å². The molecule has 0 radical (unpaired) electrons. The molecule has 0 aliphatic carbocycles. The van der Waals surface area contributed by atoms with Crippen LogP contribution >= 0.6 is 0 Å². The summed E-state index contributed by atoms with van der Waals surface area (Å²) < 4.78 is 34.2. The summed E-state index contributed by atoms with van der Waals surface area (Å²) in [5.41, 5.74) is 5.51. The number of piperidine rings is 2. The number of ether oxygens (including phenoxy) is 6. The van der Waals surface area contributed by atoms with Crippen LogP contribution in [0.5, 0.6) is 11.5 Å². The minimum Gasteiger partial charge on any atom is -0.486 e. The van der Waals surface area contributed by atoms with Gasteiger partial charge in [0.25, 0.3) is 23.6 Å². The van der Waals surface area contributed by atoms with Crippen molar-refractivity contribution in [1.29, 1.82) is 0 Å². The molecule has 0 bridgehead atoms. The van der Waals surface area contributed by atoms with E-state index in [1.165, 1.54) is 75.6 Å². The number of rotatable bonds is 34. The molecule has 19 amide bonds. The van der Waals surface area contributed by atoms with Gasteiger partial charge in [0.2, 0.25) is 83.1 Å². The van der Waals surface area contributed by atoms with E-state index in [4.69, 9.17) is 39.1 Å². The molecule has 3 aromatic carbocycles. The number of carboxylic acids is 1. The number of urea groups is 1. The molecule has 792 valence electrons. The maximum Gasteiger partial charge on any atom is 0.335 e. The lowest BCUT2D eigenvalue weighted by molar-refractivity contribution is -0.271. The Morgan fingerprint density at radius 2 is 1.03 bits per heavy atom. The van der Waals surface area contributed by atoms with E-state index in [0.717, 1.165) is 29.4 Å². The number of nitrogens with two attached hydrogens (primary N) is 1. The van der Waals surface area contributed by atoms with Gasteiger partial charge in [-0.15, -0.1) is 0 Å². The number of anilines is 1. The van der Waals surface area contributed by atoms with E-state index in [-0.39, 0.29) is 127 Å². The molecule has 5 aromatic rings. The van der Waals surface area contributed by atoms with Crippen molar-refractivity contribution in [3.63, 3.8) is 0 Å². The van der Waals surface area contributed by atoms with Crippen molar-refractivity contribution in [2.75, 3.05) is 139 Å². The second kappa shape index (κ2) is 53.9. The molecule has 7 heterocycles. The average molecular weight is 2040 g/mol. The number of likely N-dealkylation sites (N-methyl/N-ethyl adjacent to an activating group) is 4. The Hall–Kier alpha value is -14.5. The van der Waals surface area contributed by atoms with Crippen molar-refractivity contribution in [2.24, 2.45) is 23.5 Å². The van der Waals surface area contributed by atoms with Gasteiger partial charge in [0.05, 0.1) is 83.4 Å². The molecule has 4 saturated heterocycles. The van der Waals surface area contributed by atoms with Gasteiger partial charge in [-0.05, 0) is 111 Å². The number of aliphatic hydroxyl groups is 3. The van der Waals surface area contributed by atoms with Gasteiger partial charge in [-0.25, -0.2) is 19.6 Å². The van der Waals surface area contributed by atoms with Gasteiger partial charge >= 0.3 is 12.0 Å². The number of aromatic nitrogens is 2. The van der Waals surface area contributed by atoms with Gasteiger partial charge in [-0.1, -0.05) is 90.1 Å². The third kappa shape index (κ3) is 31.0. The first-order valence-electron chi connectivity index (χ1n) is 48.2. The van der Waals surface area contributed by atoms with Gasteiger partial charge in [0.1, 0.15) is 73.3 Å². The summed E-state index contributed by atoms with van der Waals surface area (Å²) in [5, 5.41) is 69.4. The lowest BCUT2D eigenvalue weighted by Gasteiger charge is -2.38. The number of aliphatic carboxylic acids is 1. The molecule has 49 nitrogen and oxygen atoms in total. The predicted octanol–water partition coefficient (Wildman–Crippen LogP) is -2.97. The summed E-state index contributed by atoms with van der Waals surface area (Å²) in [6.45, 7) is 5.85. The fraction of sp³-hybridized carbons (Fsp3) is 0.536. The zero-order valence-electron chi connectivity index (χ0n) is 83.0. The molecule has 5 aliphatic heterocycles. The highest BCUT2D eigenvalue weighted by molar-refractivity contribution is 6.13. The quantitative estimate of drug-likeness (QED) is 0.0144. The molecule has 0 saturated carbocycles. The van der Waals surface area contributed by atoms with Gasteiger partial charge in [-0.2, -0.15) is 0 Å². The highest BCUT2D eigenvalue weighted by Crippen LogP contribution is 2.32. The zero-order chi connectivity index (χ0) is 106. The van der Waals surface area contributed by atoms with Crippen LogP contribution in [-0.2, 0) is 102 Å². The van der Waals surface area contributed by atoms with Crippen LogP contribution in [0.3, 0.4) is 0 Å². The van der Waals surface area contributed by atoms with E-state index in [1.807, 2.05) is 0 Å². The predicted molar refractivity (Wildman–Crippen MR) is 518 cm³/mol. The standard InChI is InChI=1S/C97H130N20O29/c1-53(2)76(110-69(118)33-38-141-40-42-143-43-41-142-39-37-117-70(119)31-32-71(117)120)88(131)107-62(24-19-34-99-97(98)140)85(128)104-59-29-27-56(28-30-59)52-144-67-44-57-20-11-13-22-60(57)105-77(67)89(132)108-63-46-100-91(134)79(54(3)4)113(9)74(123)50-111(7)73(122)49-103-87(130)66-26-16-18-36-116(66)94(137)64(109-90(133)78-68(45-58-21-12-14-23-61(58)106-78)145-96-83(127)81(125)82(126)84(146-96)95(138)139)47-101-92(135)80(55(5)6)114(10)75(124)51-112(8)72(121)48-102-86(129)65-25-15-17-35-115(65)93(63)136/h11-14,20-23,27-32,44-45,53-55,62-66,76,79-84,96,125-127H,15-19,24-26,33-43,46-52H2,1-10H3,(H,100,134)(H,101,135)(H,102,129)(H,103,130)(H,104,128)(H,107,131)(H,108,132)(H,109,133)(H,110,118)(H,138,139)(H3,98,99,140)/t62-,63+,64+,65-,66-,76-,79+,80+,81-,82-,83+,84-,96+/m0/s1. The van der Waals surface area contributed by atoms with Crippen LogP contribution in [-0.4, -0.2) is 389 Å². The van der Waals surface area contributed by atoms with E-state index in [2.05, 4.69) is 58.2 Å². The van der Waals surface area contributed by atoms with Gasteiger partial charge in [-0.3, -0.25) is 86.4 Å². The Bertz CT molecular complexity index is 5600. The molecule has 13 atom stereocenters. The Morgan fingerprint density at radius 3 is 1.51 bits per heavy atom. The number of hydrogen-bond acceptors (Lipinski definition) is 30. The largest absolute Gasteiger partial charge is 0.486 e. The Kier molecular flexibility index (Phi) is 41.9. The van der Waals surface area contributed by atoms with E-state index in [9.17, 15) is 92.3 Å². The Balaban J connectivity index is 0.844. The number of para-hydroxylation sites is 2. The molecule has 49 heteroatoms. The van der Waals surface area contributed by atoms with Crippen molar-refractivity contribution in [3.05, 3.63) is 114 Å². The van der Waals surface area contributed by atoms with Crippen molar-refractivity contribution in [3.8, 4) is 11.5 Å². The molecule has 10 rings (SSSR count). The maximum atomic E-state index is 15.6. The van der Waals surface area contributed by atoms with E-state index >= 15 is 19.2 Å². The van der Waals surface area contributed by atoms with Crippen molar-refractivity contribution in [1.82, 2.24) is 92.1 Å². The van der Waals surface area contributed by atoms with Crippen LogP contribution in [0.25, 0.3) is 21.8 Å². The molecule has 5 aliphatic rings. The molecule has 146 heavy (non-hydrogen) atoms. The average Bonchev–Trinajstić information content (AvgIpc) is 1.34. The van der Waals surface area contributed by atoms with Gasteiger partial charge in [0, 0.05) is 95.9 Å². The second-order valence-electron chi connectivity index (χ2n) is 36.9. The number of primary amides is 1. The summed E-state index contributed by atoms with van der Waals surface area (Å²) in [6.07, 6.45) is -6.86. The Morgan fingerprint density at radius 1 is 0.548 bits per heavy atom. The summed E-state index contributed by atoms with van der Waals surface area (Å²) in [4.78, 5) is 283. The number of pyridine rings is 2. The van der Waals surface area contributed by atoms with Crippen LogP contribution in [0.15, 0.2) is 97.1 Å². The first-order chi connectivity index (χ1) is 69.5. The number of carbonyl (C=O) groups is 19. The van der Waals surface area contributed by atoms with Gasteiger partial charge < -0.3 is 137 Å². The zero-order valence-corrected chi connectivity index (χ0v) is 83.0. The van der Waals surface area contributed by atoms with Crippen LogP contribution in [0.4, 0.5) is 10.5 Å². The van der Waals surface area contributed by atoms with Crippen LogP contribution < -0.4 is 68.4 Å². The number of fused-ring (bicyclic) bond motifs is 4. The number of benzene rings is 3. The first kappa shape index (κ1) is 113. The summed E-state index contributed by atoms with van der Waals surface area (Å²) in [7, 11) is 5.06. The fourth-order valence-corrected chi connectivity index (χ4v) is 17.0. The summed E-state index contributed by atoms with van der Waals surface area (Å²) in [5.74, 6) is -17.8. The monoisotopic (exact) mass is 2040 g/mol. The van der Waals surface area contributed by atoms with E-state index in [1.54, 1.807) is 96.1 Å². The highest BCUT2D eigenvalue weighted by Gasteiger charge is 2.50. The second-order valence-corrected chi connectivity index (χ2v) is 36.9. The molecule has 16 N–H and O–H groups in total. The lowest BCUT2D eigenvalue weighted by atomic mass is 9.99. The fourth-order valence-electron chi connectivity index (χ4n) is 17.0. The van der Waals surface area contributed by atoms with Crippen LogP contribution in [0, 0.1) is 17.8 Å². The first-order valence-corrected chi connectivity index (χ1v) is 48.2. The highest BCUT2D eigenvalue weighted by atomic mass is 16.7. The minimum absolute atomic E-state index is 0.00329. The smallest absolute Gasteiger partial charge is 0.335 e.